The number of aromatic nitrogens is 2. The van der Waals surface area contributed by atoms with Crippen LogP contribution in [0.25, 0.3) is 0 Å². The second-order valence-electron chi connectivity index (χ2n) is 2.35. The van der Waals surface area contributed by atoms with Gasteiger partial charge in [-0.1, -0.05) is 11.4 Å². The topological polar surface area (TPSA) is 78.7 Å². The molecule has 0 saturated heterocycles. The van der Waals surface area contributed by atoms with Gasteiger partial charge in [0, 0.05) is 5.38 Å². The molecule has 1 amide bonds. The number of hydrogen-bond acceptors (Lipinski definition) is 5. The Morgan fingerprint density at radius 1 is 1.92 bits per heavy atom. The third-order valence-corrected chi connectivity index (χ3v) is 1.97. The molecule has 1 unspecified atom stereocenters. The molecule has 68 valence electrons. The normalized spacial score (nSPS) is 11.7. The minimum absolute atomic E-state index is 0.263. The van der Waals surface area contributed by atoms with Crippen LogP contribution in [0.4, 0.5) is 0 Å². The van der Waals surface area contributed by atoms with Crippen molar-refractivity contribution in [1.82, 2.24) is 14.9 Å². The van der Waals surface area contributed by atoms with Crippen molar-refractivity contribution in [1.29, 1.82) is 5.26 Å². The van der Waals surface area contributed by atoms with E-state index in [-0.39, 0.29) is 11.6 Å². The zero-order valence-corrected chi connectivity index (χ0v) is 7.84. The number of nitriles is 1. The van der Waals surface area contributed by atoms with Crippen LogP contribution in [0.1, 0.15) is 23.8 Å². The summed E-state index contributed by atoms with van der Waals surface area (Å²) in [5.41, 5.74) is 0.263. The lowest BCUT2D eigenvalue weighted by molar-refractivity contribution is 0.0939. The van der Waals surface area contributed by atoms with E-state index < -0.39 is 6.04 Å². The first kappa shape index (κ1) is 9.61. The van der Waals surface area contributed by atoms with E-state index in [1.807, 2.05) is 13.0 Å². The Labute approximate surface area is 79.5 Å². The minimum atomic E-state index is -0.450. The van der Waals surface area contributed by atoms with Crippen molar-refractivity contribution in [2.45, 2.75) is 19.4 Å². The van der Waals surface area contributed by atoms with Gasteiger partial charge in [0.05, 0.1) is 6.07 Å². The quantitative estimate of drug-likeness (QED) is 0.766. The number of amides is 1. The zero-order chi connectivity index (χ0) is 9.68. The summed E-state index contributed by atoms with van der Waals surface area (Å²) < 4.78 is 3.55. The van der Waals surface area contributed by atoms with Crippen LogP contribution >= 0.6 is 11.5 Å². The molecule has 0 radical (unpaired) electrons. The second kappa shape index (κ2) is 4.52. The summed E-state index contributed by atoms with van der Waals surface area (Å²) in [6.07, 6.45) is 0.583. The van der Waals surface area contributed by atoms with Crippen molar-refractivity contribution in [2.24, 2.45) is 0 Å². The molecule has 1 aromatic heterocycles. The van der Waals surface area contributed by atoms with E-state index in [0.717, 1.165) is 11.5 Å². The van der Waals surface area contributed by atoms with Gasteiger partial charge < -0.3 is 5.32 Å². The van der Waals surface area contributed by atoms with Gasteiger partial charge >= 0.3 is 0 Å². The maximum absolute atomic E-state index is 11.3. The number of hydrogen-bond donors (Lipinski definition) is 1. The van der Waals surface area contributed by atoms with Crippen molar-refractivity contribution in [2.75, 3.05) is 0 Å². The lowest BCUT2D eigenvalue weighted by Gasteiger charge is -2.05. The average Bonchev–Trinajstić information content (AvgIpc) is 2.66. The highest BCUT2D eigenvalue weighted by Gasteiger charge is 2.12. The molecule has 0 saturated carbocycles. The number of rotatable bonds is 3. The molecule has 0 aliphatic carbocycles. The lowest BCUT2D eigenvalue weighted by atomic mass is 10.2. The largest absolute Gasteiger partial charge is 0.335 e. The number of carbonyl (C=O) groups excluding carboxylic acids is 1. The van der Waals surface area contributed by atoms with Crippen molar-refractivity contribution < 1.29 is 4.79 Å². The molecule has 1 N–H and O–H groups in total. The molecule has 6 heteroatoms. The van der Waals surface area contributed by atoms with Gasteiger partial charge in [0.15, 0.2) is 5.69 Å². The Morgan fingerprint density at radius 3 is 3.15 bits per heavy atom. The van der Waals surface area contributed by atoms with Crippen molar-refractivity contribution in [3.63, 3.8) is 0 Å². The van der Waals surface area contributed by atoms with Crippen LogP contribution in [0.15, 0.2) is 5.38 Å². The SMILES string of the molecule is CCC(C#N)NC(=O)c1csnn1. The van der Waals surface area contributed by atoms with E-state index in [4.69, 9.17) is 5.26 Å². The Balaban J connectivity index is 2.57. The molecular formula is C7H8N4OS. The summed E-state index contributed by atoms with van der Waals surface area (Å²) in [5.74, 6) is -0.345. The summed E-state index contributed by atoms with van der Waals surface area (Å²) in [7, 11) is 0. The Bertz CT molecular complexity index is 316. The standard InChI is InChI=1S/C7H8N4OS/c1-2-5(3-8)9-7(12)6-4-13-11-10-6/h4-5H,2H2,1H3,(H,9,12). The molecule has 0 fully saturated rings. The molecular weight excluding hydrogens is 188 g/mol. The highest BCUT2D eigenvalue weighted by molar-refractivity contribution is 7.03. The summed E-state index contributed by atoms with van der Waals surface area (Å²) in [6.45, 7) is 1.83. The Morgan fingerprint density at radius 2 is 2.69 bits per heavy atom. The van der Waals surface area contributed by atoms with Crippen molar-refractivity contribution in [3.8, 4) is 6.07 Å². The maximum Gasteiger partial charge on any atom is 0.273 e. The molecule has 1 aromatic rings. The first-order valence-electron chi connectivity index (χ1n) is 3.75. The first-order valence-corrected chi connectivity index (χ1v) is 4.59. The van der Waals surface area contributed by atoms with E-state index in [0.29, 0.717) is 6.42 Å². The predicted octanol–water partition coefficient (Wildman–Crippen LogP) is 0.570. The zero-order valence-electron chi connectivity index (χ0n) is 7.02. The van der Waals surface area contributed by atoms with E-state index in [2.05, 4.69) is 14.9 Å². The maximum atomic E-state index is 11.3. The molecule has 13 heavy (non-hydrogen) atoms. The van der Waals surface area contributed by atoms with Crippen LogP contribution in [-0.2, 0) is 0 Å². The predicted molar refractivity (Wildman–Crippen MR) is 47.1 cm³/mol. The highest BCUT2D eigenvalue weighted by atomic mass is 32.1. The first-order chi connectivity index (χ1) is 6.27. The van der Waals surface area contributed by atoms with E-state index >= 15 is 0 Å². The summed E-state index contributed by atoms with van der Waals surface area (Å²) >= 11 is 1.11. The van der Waals surface area contributed by atoms with E-state index in [9.17, 15) is 4.79 Å². The number of nitrogens with one attached hydrogen (secondary N) is 1. The van der Waals surface area contributed by atoms with Crippen LogP contribution < -0.4 is 5.32 Å². The fourth-order valence-corrected chi connectivity index (χ4v) is 1.16. The average molecular weight is 196 g/mol. The summed E-state index contributed by atoms with van der Waals surface area (Å²) in [6, 6.07) is 1.52. The third kappa shape index (κ3) is 2.49. The highest BCUT2D eigenvalue weighted by Crippen LogP contribution is 1.98. The molecule has 1 rings (SSSR count). The minimum Gasteiger partial charge on any atom is -0.335 e. The number of carbonyl (C=O) groups is 1. The van der Waals surface area contributed by atoms with Gasteiger partial charge in [-0.15, -0.1) is 5.10 Å². The summed E-state index contributed by atoms with van der Waals surface area (Å²) in [4.78, 5) is 11.3. The monoisotopic (exact) mass is 196 g/mol. The van der Waals surface area contributed by atoms with Gasteiger partial charge in [-0.2, -0.15) is 5.26 Å². The van der Waals surface area contributed by atoms with Gasteiger partial charge in [0.1, 0.15) is 6.04 Å². The van der Waals surface area contributed by atoms with E-state index in [1.54, 1.807) is 5.38 Å². The van der Waals surface area contributed by atoms with Crippen molar-refractivity contribution >= 4 is 17.4 Å². The molecule has 0 bridgehead atoms. The lowest BCUT2D eigenvalue weighted by Crippen LogP contribution is -2.33. The smallest absolute Gasteiger partial charge is 0.273 e. The molecule has 0 aliphatic heterocycles. The third-order valence-electron chi connectivity index (χ3n) is 1.46. The van der Waals surface area contributed by atoms with Gasteiger partial charge in [0.2, 0.25) is 0 Å². The Hall–Kier alpha value is -1.48. The van der Waals surface area contributed by atoms with Crippen LogP contribution in [0, 0.1) is 11.3 Å². The van der Waals surface area contributed by atoms with Crippen LogP contribution in [0.2, 0.25) is 0 Å². The Kier molecular flexibility index (Phi) is 3.34. The second-order valence-corrected chi connectivity index (χ2v) is 2.96. The summed E-state index contributed by atoms with van der Waals surface area (Å²) in [5, 5.41) is 16.2. The molecule has 1 heterocycles. The van der Waals surface area contributed by atoms with Gasteiger partial charge in [-0.3, -0.25) is 4.79 Å². The molecule has 1 atom stereocenters. The van der Waals surface area contributed by atoms with Crippen molar-refractivity contribution in [3.05, 3.63) is 11.1 Å². The molecule has 0 aromatic carbocycles. The number of nitrogens with zero attached hydrogens (tertiary/aromatic N) is 3. The fourth-order valence-electron chi connectivity index (χ4n) is 0.721. The molecule has 5 nitrogen and oxygen atoms in total. The van der Waals surface area contributed by atoms with Crippen LogP contribution in [0.5, 0.6) is 0 Å². The molecule has 0 spiro atoms. The van der Waals surface area contributed by atoms with Crippen LogP contribution in [-0.4, -0.2) is 21.5 Å². The van der Waals surface area contributed by atoms with E-state index in [1.165, 1.54) is 0 Å². The van der Waals surface area contributed by atoms with Gasteiger partial charge in [0.25, 0.3) is 5.91 Å². The molecule has 0 aliphatic rings. The van der Waals surface area contributed by atoms with Gasteiger partial charge in [-0.25, -0.2) is 0 Å². The van der Waals surface area contributed by atoms with Gasteiger partial charge in [-0.05, 0) is 18.0 Å². The fraction of sp³-hybridized carbons (Fsp3) is 0.429. The van der Waals surface area contributed by atoms with Crippen LogP contribution in [0.3, 0.4) is 0 Å².